The van der Waals surface area contributed by atoms with Crippen LogP contribution in [0, 0.1) is 5.82 Å². The Labute approximate surface area is 141 Å². The number of halogens is 2. The number of hydrogen-bond acceptors (Lipinski definition) is 3. The van der Waals surface area contributed by atoms with Gasteiger partial charge in [-0.3, -0.25) is 4.79 Å². The molecule has 0 unspecified atom stereocenters. The Morgan fingerprint density at radius 3 is 2.64 bits per heavy atom. The van der Waals surface area contributed by atoms with Crippen LogP contribution >= 0.6 is 27.7 Å². The molecule has 0 aliphatic rings. The SMILES string of the molecule is CCOc1ccc(SCC(=O)Nc2ccc(Br)cc2F)cc1. The van der Waals surface area contributed by atoms with Gasteiger partial charge in [-0.25, -0.2) is 4.39 Å². The minimum Gasteiger partial charge on any atom is -0.494 e. The predicted molar refractivity (Wildman–Crippen MR) is 91.1 cm³/mol. The molecule has 2 aromatic carbocycles. The zero-order valence-electron chi connectivity index (χ0n) is 11.9. The number of carbonyl (C=O) groups is 1. The lowest BCUT2D eigenvalue weighted by Gasteiger charge is -2.07. The maximum absolute atomic E-state index is 13.6. The highest BCUT2D eigenvalue weighted by Crippen LogP contribution is 2.23. The van der Waals surface area contributed by atoms with Crippen LogP contribution < -0.4 is 10.1 Å². The number of hydrogen-bond donors (Lipinski definition) is 1. The second-order valence-electron chi connectivity index (χ2n) is 4.37. The fourth-order valence-electron chi connectivity index (χ4n) is 1.72. The van der Waals surface area contributed by atoms with Gasteiger partial charge in [-0.2, -0.15) is 0 Å². The Bertz CT molecular complexity index is 649. The van der Waals surface area contributed by atoms with Crippen LogP contribution in [0.2, 0.25) is 0 Å². The third-order valence-electron chi connectivity index (χ3n) is 2.71. The fourth-order valence-corrected chi connectivity index (χ4v) is 2.76. The number of benzene rings is 2. The molecule has 1 N–H and O–H groups in total. The van der Waals surface area contributed by atoms with Gasteiger partial charge in [0.15, 0.2) is 0 Å². The van der Waals surface area contributed by atoms with E-state index in [9.17, 15) is 9.18 Å². The summed E-state index contributed by atoms with van der Waals surface area (Å²) >= 11 is 4.56. The minimum absolute atomic E-state index is 0.181. The molecule has 0 saturated carbocycles. The average molecular weight is 384 g/mol. The van der Waals surface area contributed by atoms with Gasteiger partial charge in [0.05, 0.1) is 18.0 Å². The number of thioether (sulfide) groups is 1. The molecule has 0 aliphatic carbocycles. The van der Waals surface area contributed by atoms with E-state index < -0.39 is 5.82 Å². The second kappa shape index (κ2) is 8.19. The quantitative estimate of drug-likeness (QED) is 0.733. The largest absolute Gasteiger partial charge is 0.494 e. The van der Waals surface area contributed by atoms with Crippen molar-refractivity contribution in [2.24, 2.45) is 0 Å². The molecular formula is C16H15BrFNO2S. The third-order valence-corrected chi connectivity index (χ3v) is 4.22. The molecule has 2 aromatic rings. The zero-order valence-corrected chi connectivity index (χ0v) is 14.3. The van der Waals surface area contributed by atoms with E-state index in [1.54, 1.807) is 6.07 Å². The molecule has 6 heteroatoms. The Kier molecular flexibility index (Phi) is 6.27. The van der Waals surface area contributed by atoms with Gasteiger partial charge < -0.3 is 10.1 Å². The molecule has 22 heavy (non-hydrogen) atoms. The summed E-state index contributed by atoms with van der Waals surface area (Å²) < 4.78 is 19.6. The van der Waals surface area contributed by atoms with Crippen molar-refractivity contribution < 1.29 is 13.9 Å². The van der Waals surface area contributed by atoms with Crippen LogP contribution in [-0.4, -0.2) is 18.3 Å². The van der Waals surface area contributed by atoms with Crippen LogP contribution in [0.3, 0.4) is 0 Å². The van der Waals surface area contributed by atoms with Crippen LogP contribution in [0.4, 0.5) is 10.1 Å². The molecular weight excluding hydrogens is 369 g/mol. The normalized spacial score (nSPS) is 10.3. The topological polar surface area (TPSA) is 38.3 Å². The zero-order chi connectivity index (χ0) is 15.9. The highest BCUT2D eigenvalue weighted by atomic mass is 79.9. The van der Waals surface area contributed by atoms with Gasteiger partial charge in [0.1, 0.15) is 11.6 Å². The Hall–Kier alpha value is -1.53. The summed E-state index contributed by atoms with van der Waals surface area (Å²) in [7, 11) is 0. The van der Waals surface area contributed by atoms with Crippen LogP contribution in [0.5, 0.6) is 5.75 Å². The van der Waals surface area contributed by atoms with E-state index in [0.717, 1.165) is 10.6 Å². The molecule has 0 bridgehead atoms. The Morgan fingerprint density at radius 1 is 1.27 bits per heavy atom. The Morgan fingerprint density at radius 2 is 2.00 bits per heavy atom. The summed E-state index contributed by atoms with van der Waals surface area (Å²) in [6, 6.07) is 12.0. The lowest BCUT2D eigenvalue weighted by Crippen LogP contribution is -2.14. The van der Waals surface area contributed by atoms with Gasteiger partial charge >= 0.3 is 0 Å². The molecule has 0 fully saturated rings. The molecule has 0 atom stereocenters. The number of rotatable bonds is 6. The molecule has 2 rings (SSSR count). The number of carbonyl (C=O) groups excluding carboxylic acids is 1. The first-order valence-corrected chi connectivity index (χ1v) is 8.47. The number of amides is 1. The minimum atomic E-state index is -0.464. The maximum Gasteiger partial charge on any atom is 0.234 e. The number of nitrogens with one attached hydrogen (secondary N) is 1. The van der Waals surface area contributed by atoms with E-state index in [-0.39, 0.29) is 17.3 Å². The first-order valence-electron chi connectivity index (χ1n) is 6.69. The first kappa shape index (κ1) is 16.8. The highest BCUT2D eigenvalue weighted by Gasteiger charge is 2.08. The smallest absolute Gasteiger partial charge is 0.234 e. The van der Waals surface area contributed by atoms with E-state index >= 15 is 0 Å². The Balaban J connectivity index is 1.87. The first-order chi connectivity index (χ1) is 10.6. The van der Waals surface area contributed by atoms with E-state index in [2.05, 4.69) is 21.2 Å². The molecule has 0 saturated heterocycles. The van der Waals surface area contributed by atoms with Crippen LogP contribution in [0.1, 0.15) is 6.92 Å². The number of ether oxygens (including phenoxy) is 1. The molecule has 0 radical (unpaired) electrons. The van der Waals surface area contributed by atoms with Crippen molar-refractivity contribution in [3.63, 3.8) is 0 Å². The molecule has 1 amide bonds. The summed E-state index contributed by atoms with van der Waals surface area (Å²) in [6.45, 7) is 2.54. The molecule has 0 aliphatic heterocycles. The van der Waals surface area contributed by atoms with Crippen molar-refractivity contribution in [2.75, 3.05) is 17.7 Å². The standard InChI is InChI=1S/C16H15BrFNO2S/c1-2-21-12-4-6-13(7-5-12)22-10-16(20)19-15-8-3-11(17)9-14(15)18/h3-9H,2,10H2,1H3,(H,19,20). The average Bonchev–Trinajstić information content (AvgIpc) is 2.50. The molecule has 116 valence electrons. The van der Waals surface area contributed by atoms with Crippen molar-refractivity contribution in [3.05, 3.63) is 52.8 Å². The van der Waals surface area contributed by atoms with Crippen molar-refractivity contribution in [2.45, 2.75) is 11.8 Å². The van der Waals surface area contributed by atoms with Crippen LogP contribution in [0.25, 0.3) is 0 Å². The van der Waals surface area contributed by atoms with E-state index in [0.29, 0.717) is 11.1 Å². The van der Waals surface area contributed by atoms with Crippen molar-refractivity contribution in [1.82, 2.24) is 0 Å². The molecule has 0 spiro atoms. The summed E-state index contributed by atoms with van der Waals surface area (Å²) in [5, 5.41) is 2.56. The van der Waals surface area contributed by atoms with Gasteiger partial charge in [-0.05, 0) is 49.4 Å². The number of anilines is 1. The molecule has 3 nitrogen and oxygen atoms in total. The third kappa shape index (κ3) is 5.03. The van der Waals surface area contributed by atoms with Crippen LogP contribution in [0.15, 0.2) is 51.8 Å². The molecule has 0 heterocycles. The summed E-state index contributed by atoms with van der Waals surface area (Å²) in [6.07, 6.45) is 0. The van der Waals surface area contributed by atoms with E-state index in [4.69, 9.17) is 4.74 Å². The van der Waals surface area contributed by atoms with Gasteiger partial charge in [0.2, 0.25) is 5.91 Å². The van der Waals surface area contributed by atoms with Gasteiger partial charge in [-0.1, -0.05) is 15.9 Å². The second-order valence-corrected chi connectivity index (χ2v) is 6.33. The highest BCUT2D eigenvalue weighted by molar-refractivity contribution is 9.10. The van der Waals surface area contributed by atoms with Gasteiger partial charge in [0.25, 0.3) is 0 Å². The monoisotopic (exact) mass is 383 g/mol. The maximum atomic E-state index is 13.6. The van der Waals surface area contributed by atoms with Crippen LogP contribution in [-0.2, 0) is 4.79 Å². The predicted octanol–water partition coefficient (Wildman–Crippen LogP) is 4.72. The molecule has 0 aromatic heterocycles. The van der Waals surface area contributed by atoms with E-state index in [1.165, 1.54) is 23.9 Å². The van der Waals surface area contributed by atoms with Gasteiger partial charge in [0, 0.05) is 9.37 Å². The van der Waals surface area contributed by atoms with Crippen molar-refractivity contribution >= 4 is 39.3 Å². The summed E-state index contributed by atoms with van der Waals surface area (Å²) in [5.74, 6) is 0.297. The van der Waals surface area contributed by atoms with Crippen molar-refractivity contribution in [1.29, 1.82) is 0 Å². The summed E-state index contributed by atoms with van der Waals surface area (Å²) in [4.78, 5) is 12.8. The van der Waals surface area contributed by atoms with E-state index in [1.807, 2.05) is 31.2 Å². The fraction of sp³-hybridized carbons (Fsp3) is 0.188. The lowest BCUT2D eigenvalue weighted by molar-refractivity contribution is -0.113. The van der Waals surface area contributed by atoms with Crippen molar-refractivity contribution in [3.8, 4) is 5.75 Å². The van der Waals surface area contributed by atoms with Gasteiger partial charge in [-0.15, -0.1) is 11.8 Å². The lowest BCUT2D eigenvalue weighted by atomic mass is 10.3. The summed E-state index contributed by atoms with van der Waals surface area (Å²) in [5.41, 5.74) is 0.181.